The molecule has 0 amide bonds. The first-order valence-corrected chi connectivity index (χ1v) is 11.4. The minimum Gasteiger partial charge on any atom is -0.504 e. The molecule has 5 heteroatoms. The molecule has 31 heavy (non-hydrogen) atoms. The molecule has 1 aromatic heterocycles. The van der Waals surface area contributed by atoms with Crippen molar-refractivity contribution in [1.29, 1.82) is 0 Å². The molecule has 5 nitrogen and oxygen atoms in total. The maximum atomic E-state index is 14.0. The number of aliphatic hydroxyl groups is 1. The smallest absolute Gasteiger partial charge is 0.206 e. The minimum absolute atomic E-state index is 0.00527. The summed E-state index contributed by atoms with van der Waals surface area (Å²) in [6, 6.07) is 2.03. The zero-order valence-electron chi connectivity index (χ0n) is 18.8. The van der Waals surface area contributed by atoms with Crippen molar-refractivity contribution in [2.24, 2.45) is 27.6 Å². The van der Waals surface area contributed by atoms with Crippen molar-refractivity contribution in [3.8, 4) is 0 Å². The van der Waals surface area contributed by atoms with Gasteiger partial charge in [0.1, 0.15) is 5.60 Å². The van der Waals surface area contributed by atoms with Gasteiger partial charge in [0.15, 0.2) is 11.5 Å². The number of allylic oxidation sites excluding steroid dienone is 4. The Balaban J connectivity index is 1.57. The third-order valence-corrected chi connectivity index (χ3v) is 10.2. The first-order chi connectivity index (χ1) is 14.5. The second kappa shape index (κ2) is 5.25. The van der Waals surface area contributed by atoms with Gasteiger partial charge in [0.05, 0.1) is 29.5 Å². The number of ether oxygens (including phenoxy) is 1. The van der Waals surface area contributed by atoms with E-state index in [-0.39, 0.29) is 40.7 Å². The number of Topliss-reactive ketones (excluding diaryl/α,β-unsaturated/α-hetero) is 1. The van der Waals surface area contributed by atoms with Crippen molar-refractivity contribution in [3.05, 3.63) is 47.6 Å². The maximum Gasteiger partial charge on any atom is 0.206 e. The molecule has 0 aromatic carbocycles. The monoisotopic (exact) mass is 422 g/mol. The highest BCUT2D eigenvalue weighted by Gasteiger charge is 2.87. The number of furan rings is 1. The van der Waals surface area contributed by atoms with E-state index >= 15 is 0 Å². The predicted octanol–water partition coefficient (Wildman–Crippen LogP) is 4.89. The summed E-state index contributed by atoms with van der Waals surface area (Å²) >= 11 is 0. The highest BCUT2D eigenvalue weighted by Crippen LogP contribution is 2.81. The van der Waals surface area contributed by atoms with Gasteiger partial charge in [-0.25, -0.2) is 0 Å². The molecule has 6 rings (SSSR count). The summed E-state index contributed by atoms with van der Waals surface area (Å²) in [5.74, 6) is -0.312. The number of fused-ring (bicyclic) bond motifs is 3. The standard InChI is InChI=1S/C26H30O5/c1-22(2)17(27)7-9-23(3)16-6-10-24(4)15(14-8-11-30-13-14)12-18-26(24,31-18)25(16,5)21(29)19(28)20(22)23/h7-9,11,13,15-16,18,28H,6,10,12H2,1-5H3/t15?,16?,18?,23-,24+,25+,26-/m1/s1. The van der Waals surface area contributed by atoms with Gasteiger partial charge in [0.2, 0.25) is 5.78 Å². The Morgan fingerprint density at radius 3 is 2.55 bits per heavy atom. The molecule has 0 bridgehead atoms. The molecule has 5 aliphatic rings. The van der Waals surface area contributed by atoms with Crippen LogP contribution in [0.15, 0.2) is 46.5 Å². The molecule has 0 radical (unpaired) electrons. The molecule has 3 unspecified atom stereocenters. The van der Waals surface area contributed by atoms with Gasteiger partial charge in [-0.1, -0.05) is 19.9 Å². The van der Waals surface area contributed by atoms with E-state index in [1.54, 1.807) is 12.3 Å². The van der Waals surface area contributed by atoms with Crippen molar-refractivity contribution < 1.29 is 23.8 Å². The fourth-order valence-electron chi connectivity index (χ4n) is 8.78. The number of ketones is 2. The molecule has 1 aliphatic heterocycles. The van der Waals surface area contributed by atoms with Crippen molar-refractivity contribution in [2.45, 2.75) is 71.5 Å². The zero-order chi connectivity index (χ0) is 22.2. The lowest BCUT2D eigenvalue weighted by atomic mass is 9.39. The Morgan fingerprint density at radius 1 is 1.13 bits per heavy atom. The maximum absolute atomic E-state index is 14.0. The van der Waals surface area contributed by atoms with Crippen LogP contribution in [0.4, 0.5) is 0 Å². The second-order valence-corrected chi connectivity index (χ2v) is 11.6. The lowest BCUT2D eigenvalue weighted by Crippen LogP contribution is -2.66. The Hall–Kier alpha value is -2.14. The molecule has 1 spiro atoms. The van der Waals surface area contributed by atoms with Crippen LogP contribution >= 0.6 is 0 Å². The van der Waals surface area contributed by atoms with Crippen LogP contribution in [0.5, 0.6) is 0 Å². The van der Waals surface area contributed by atoms with E-state index in [0.29, 0.717) is 5.57 Å². The lowest BCUT2D eigenvalue weighted by molar-refractivity contribution is -0.162. The van der Waals surface area contributed by atoms with Crippen LogP contribution in [-0.2, 0) is 14.3 Å². The molecule has 2 heterocycles. The molecular formula is C26H30O5. The van der Waals surface area contributed by atoms with Gasteiger partial charge in [0, 0.05) is 10.8 Å². The van der Waals surface area contributed by atoms with E-state index < -0.39 is 21.8 Å². The molecule has 1 aromatic rings. The summed E-state index contributed by atoms with van der Waals surface area (Å²) in [6.07, 6.45) is 9.76. The van der Waals surface area contributed by atoms with Crippen LogP contribution < -0.4 is 0 Å². The normalized spacial score (nSPS) is 49.4. The van der Waals surface area contributed by atoms with Gasteiger partial charge in [-0.05, 0) is 75.1 Å². The fourth-order valence-corrected chi connectivity index (χ4v) is 8.78. The molecule has 1 N–H and O–H groups in total. The molecule has 4 aliphatic carbocycles. The van der Waals surface area contributed by atoms with Crippen LogP contribution in [-0.4, -0.2) is 28.4 Å². The average molecular weight is 423 g/mol. The summed E-state index contributed by atoms with van der Waals surface area (Å²) < 4.78 is 11.9. The SMILES string of the molecule is CC1(C)C(=O)C=C[C@@]2(C)C1=C(O)C(=O)[C@]1(C)C2CC[C@@]2(C)C(c3ccoc3)CC3O[C@]321. The Morgan fingerprint density at radius 2 is 1.87 bits per heavy atom. The second-order valence-electron chi connectivity index (χ2n) is 11.6. The van der Waals surface area contributed by atoms with Crippen LogP contribution in [0, 0.1) is 27.6 Å². The summed E-state index contributed by atoms with van der Waals surface area (Å²) in [5, 5.41) is 11.4. The van der Waals surface area contributed by atoms with E-state index in [4.69, 9.17) is 9.15 Å². The largest absolute Gasteiger partial charge is 0.504 e. The first-order valence-electron chi connectivity index (χ1n) is 11.4. The number of hydrogen-bond acceptors (Lipinski definition) is 5. The summed E-state index contributed by atoms with van der Waals surface area (Å²) in [6.45, 7) is 10.0. The number of carbonyl (C=O) groups is 2. The van der Waals surface area contributed by atoms with E-state index in [1.807, 2.05) is 39.2 Å². The molecule has 3 fully saturated rings. The van der Waals surface area contributed by atoms with Crippen molar-refractivity contribution >= 4 is 11.6 Å². The Labute approximate surface area is 182 Å². The van der Waals surface area contributed by atoms with E-state index in [9.17, 15) is 14.7 Å². The van der Waals surface area contributed by atoms with Gasteiger partial charge in [-0.15, -0.1) is 0 Å². The fraction of sp³-hybridized carbons (Fsp3) is 0.615. The third kappa shape index (κ3) is 1.80. The average Bonchev–Trinajstić information content (AvgIpc) is 3.07. The summed E-state index contributed by atoms with van der Waals surface area (Å²) in [7, 11) is 0. The Kier molecular flexibility index (Phi) is 3.31. The molecule has 1 saturated heterocycles. The van der Waals surface area contributed by atoms with E-state index in [2.05, 4.69) is 13.8 Å². The van der Waals surface area contributed by atoms with E-state index in [1.165, 1.54) is 5.56 Å². The third-order valence-electron chi connectivity index (χ3n) is 10.2. The Bertz CT molecular complexity index is 1090. The molecule has 164 valence electrons. The first kappa shape index (κ1) is 19.5. The molecular weight excluding hydrogens is 392 g/mol. The molecule has 7 atom stereocenters. The number of aliphatic hydroxyl groups excluding tert-OH is 1. The predicted molar refractivity (Wildman–Crippen MR) is 113 cm³/mol. The minimum atomic E-state index is -0.901. The van der Waals surface area contributed by atoms with Crippen LogP contribution in [0.25, 0.3) is 0 Å². The van der Waals surface area contributed by atoms with Crippen LogP contribution in [0.3, 0.4) is 0 Å². The number of rotatable bonds is 1. The summed E-state index contributed by atoms with van der Waals surface area (Å²) in [5.41, 5.74) is -1.40. The highest BCUT2D eigenvalue weighted by atomic mass is 16.6. The number of epoxide rings is 1. The zero-order valence-corrected chi connectivity index (χ0v) is 18.8. The van der Waals surface area contributed by atoms with Gasteiger partial charge in [0.25, 0.3) is 0 Å². The lowest BCUT2D eigenvalue weighted by Gasteiger charge is -2.62. The highest BCUT2D eigenvalue weighted by molar-refractivity contribution is 6.06. The quantitative estimate of drug-likeness (QED) is 0.652. The van der Waals surface area contributed by atoms with Crippen molar-refractivity contribution in [2.75, 3.05) is 0 Å². The van der Waals surface area contributed by atoms with Gasteiger partial charge in [-0.3, -0.25) is 9.59 Å². The topological polar surface area (TPSA) is 80.0 Å². The van der Waals surface area contributed by atoms with Gasteiger partial charge < -0.3 is 14.3 Å². The number of carbonyl (C=O) groups excluding carboxylic acids is 2. The molecule has 2 saturated carbocycles. The van der Waals surface area contributed by atoms with Gasteiger partial charge in [-0.2, -0.15) is 0 Å². The van der Waals surface area contributed by atoms with Crippen molar-refractivity contribution in [3.63, 3.8) is 0 Å². The summed E-state index contributed by atoms with van der Waals surface area (Å²) in [4.78, 5) is 26.7. The van der Waals surface area contributed by atoms with Crippen molar-refractivity contribution in [1.82, 2.24) is 0 Å². The van der Waals surface area contributed by atoms with Crippen LogP contribution in [0.2, 0.25) is 0 Å². The van der Waals surface area contributed by atoms with E-state index in [0.717, 1.165) is 19.3 Å². The van der Waals surface area contributed by atoms with Gasteiger partial charge >= 0.3 is 0 Å². The van der Waals surface area contributed by atoms with Crippen LogP contribution in [0.1, 0.15) is 65.4 Å². The number of hydrogen-bond donors (Lipinski definition) is 1.